The van der Waals surface area contributed by atoms with Crippen molar-refractivity contribution in [3.05, 3.63) is 127 Å². The molecule has 4 aromatic rings. The molecule has 0 radical (unpaired) electrons. The average Bonchev–Trinajstić information content (AvgIpc) is 1.71. The average molecular weight is 1430 g/mol. The van der Waals surface area contributed by atoms with Gasteiger partial charge in [-0.05, 0) is 183 Å². The van der Waals surface area contributed by atoms with Crippen molar-refractivity contribution in [2.45, 2.75) is 205 Å². The zero-order valence-corrected chi connectivity index (χ0v) is 58.7. The maximum absolute atomic E-state index is 14.3. The summed E-state index contributed by atoms with van der Waals surface area (Å²) in [5.74, 6) is -3.45. The number of benzene rings is 4. The number of fused-ring (bicyclic) bond motifs is 8. The summed E-state index contributed by atoms with van der Waals surface area (Å²) >= 11 is 3.28. The number of hydrogen-bond donors (Lipinski definition) is 2. The third-order valence-electron chi connectivity index (χ3n) is 17.4. The minimum absolute atomic E-state index is 0.0387. The van der Waals surface area contributed by atoms with Crippen molar-refractivity contribution in [2.24, 2.45) is 0 Å². The molecule has 23 nitrogen and oxygen atoms in total. The lowest BCUT2D eigenvalue weighted by atomic mass is 10.1. The molecule has 97 heavy (non-hydrogen) atoms. The number of non-ortho nitro benzene ring substituents is 2. The Morgan fingerprint density at radius 3 is 1.00 bits per heavy atom. The second kappa shape index (κ2) is 30.4. The first-order valence-electron chi connectivity index (χ1n) is 32.8. The standard InChI is InChI=1S/C17H22BrFN2O2.C17H22FN3O4.C17H24FN3O2.C11H20N2O2.C6H3F2NO2/c1-17(2,3)23-16(22)21-12-5-6-13(21)10-20(9-12)15-7-4-11(18)8-14(15)19;1-17(2,3)25-16(22)20-12-4-5-13(20)10-19(9-12)15-7-6-11(21(23)24)8-14(15)18;1-17(2,3)23-16(22)21-12-5-6-13(21)10-20(9-12)15-7-4-11(19)8-14(15)18;1-11(2,3)15-10(14)13-8-4-5-9(13)7-12-6-8;7-5-2-1-4(9(10)11)3-6(5)8/h4,7-8,12-13H,5-6,9-10H2,1-3H3;6-8,12-13H,4-5,9-10H2,1-3H3;4,7-8,12-13H,5-6,9-10,19H2,1-3H3;8-9,12H,4-7H2,1-3H3;1-3H. The summed E-state index contributed by atoms with van der Waals surface area (Å²) in [6.07, 6.45) is 6.66. The minimum atomic E-state index is -1.21. The molecule has 12 rings (SSSR count). The number of piperazine rings is 4. The predicted molar refractivity (Wildman–Crippen MR) is 360 cm³/mol. The van der Waals surface area contributed by atoms with Gasteiger partial charge >= 0.3 is 24.4 Å². The fraction of sp³-hybridized carbons (Fsp3) is 0.588. The van der Waals surface area contributed by atoms with Gasteiger partial charge in [0, 0.05) is 86.7 Å². The van der Waals surface area contributed by atoms with Crippen LogP contribution in [0.3, 0.4) is 0 Å². The number of rotatable bonds is 5. The number of nitrogens with one attached hydrogen (secondary N) is 1. The summed E-state index contributed by atoms with van der Waals surface area (Å²) in [5.41, 5.74) is 4.87. The summed E-state index contributed by atoms with van der Waals surface area (Å²) < 4.78 is 89.8. The number of nitro benzene ring substituents is 2. The molecule has 8 bridgehead atoms. The number of nitrogen functional groups attached to an aromatic ring is 1. The van der Waals surface area contributed by atoms with Crippen molar-refractivity contribution in [1.29, 1.82) is 0 Å². The summed E-state index contributed by atoms with van der Waals surface area (Å²) in [4.78, 5) is 81.9. The molecule has 8 atom stereocenters. The zero-order chi connectivity index (χ0) is 71.4. The molecule has 4 aromatic carbocycles. The monoisotopic (exact) mass is 1430 g/mol. The van der Waals surface area contributed by atoms with Crippen LogP contribution in [0.4, 0.5) is 75.3 Å². The number of nitro groups is 2. The fourth-order valence-corrected chi connectivity index (χ4v) is 13.8. The van der Waals surface area contributed by atoms with E-state index in [1.54, 1.807) is 23.1 Å². The van der Waals surface area contributed by atoms with Crippen molar-refractivity contribution in [3.63, 3.8) is 0 Å². The van der Waals surface area contributed by atoms with Crippen molar-refractivity contribution in [2.75, 3.05) is 72.8 Å². The topological polar surface area (TPSA) is 252 Å². The van der Waals surface area contributed by atoms with Gasteiger partial charge in [-0.3, -0.25) is 39.8 Å². The number of ether oxygens (including phenoxy) is 4. The Morgan fingerprint density at radius 1 is 0.423 bits per heavy atom. The summed E-state index contributed by atoms with van der Waals surface area (Å²) in [5, 5.41) is 24.1. The van der Waals surface area contributed by atoms with Crippen LogP contribution in [0.2, 0.25) is 0 Å². The lowest BCUT2D eigenvalue weighted by molar-refractivity contribution is -0.385. The van der Waals surface area contributed by atoms with Gasteiger partial charge < -0.3 is 44.7 Å². The van der Waals surface area contributed by atoms with Crippen LogP contribution in [0.1, 0.15) is 134 Å². The Kier molecular flexibility index (Phi) is 23.5. The summed E-state index contributed by atoms with van der Waals surface area (Å²) in [7, 11) is 0. The molecule has 8 aliphatic rings. The molecular formula is C68H91BrF5N11O12. The highest BCUT2D eigenvalue weighted by atomic mass is 79.9. The molecule has 8 heterocycles. The molecule has 8 unspecified atom stereocenters. The Morgan fingerprint density at radius 2 is 0.701 bits per heavy atom. The number of nitrogens with two attached hydrogens (primary N) is 1. The van der Waals surface area contributed by atoms with Crippen molar-refractivity contribution in [3.8, 4) is 0 Å². The van der Waals surface area contributed by atoms with Crippen LogP contribution in [0.5, 0.6) is 0 Å². The van der Waals surface area contributed by atoms with E-state index in [0.717, 1.165) is 81.1 Å². The van der Waals surface area contributed by atoms with E-state index in [0.29, 0.717) is 86.2 Å². The van der Waals surface area contributed by atoms with E-state index >= 15 is 0 Å². The zero-order valence-electron chi connectivity index (χ0n) is 57.1. The second-order valence-corrected chi connectivity index (χ2v) is 30.4. The van der Waals surface area contributed by atoms with Crippen LogP contribution in [0.15, 0.2) is 77.3 Å². The first-order chi connectivity index (χ1) is 45.2. The van der Waals surface area contributed by atoms with E-state index in [-0.39, 0.29) is 83.5 Å². The highest BCUT2D eigenvalue weighted by Gasteiger charge is 2.48. The molecule has 0 spiro atoms. The van der Waals surface area contributed by atoms with Gasteiger partial charge in [-0.25, -0.2) is 41.1 Å². The van der Waals surface area contributed by atoms with Gasteiger partial charge in [0.25, 0.3) is 11.4 Å². The van der Waals surface area contributed by atoms with E-state index in [9.17, 15) is 61.4 Å². The van der Waals surface area contributed by atoms with Crippen LogP contribution in [-0.4, -0.2) is 177 Å². The first kappa shape index (κ1) is 74.8. The number of nitrogens with zero attached hydrogens (tertiary/aromatic N) is 9. The van der Waals surface area contributed by atoms with E-state index in [4.69, 9.17) is 24.7 Å². The second-order valence-electron chi connectivity index (χ2n) is 29.5. The Hall–Kier alpha value is -7.95. The highest BCUT2D eigenvalue weighted by molar-refractivity contribution is 9.10. The lowest BCUT2D eigenvalue weighted by Gasteiger charge is -2.42. The van der Waals surface area contributed by atoms with Crippen LogP contribution < -0.4 is 25.8 Å². The van der Waals surface area contributed by atoms with Crippen LogP contribution in [-0.2, 0) is 18.9 Å². The van der Waals surface area contributed by atoms with Gasteiger partial charge in [-0.2, -0.15) is 0 Å². The largest absolute Gasteiger partial charge is 0.444 e. The van der Waals surface area contributed by atoms with Crippen molar-refractivity contribution in [1.82, 2.24) is 24.9 Å². The van der Waals surface area contributed by atoms with Gasteiger partial charge in [0.15, 0.2) is 17.5 Å². The van der Waals surface area contributed by atoms with Gasteiger partial charge in [0.05, 0.1) is 75.3 Å². The summed E-state index contributed by atoms with van der Waals surface area (Å²) in [6, 6.07) is 16.7. The smallest absolute Gasteiger partial charge is 0.410 e. The molecule has 0 aliphatic carbocycles. The van der Waals surface area contributed by atoms with E-state index in [2.05, 4.69) is 21.2 Å². The Balaban J connectivity index is 0.000000159. The molecule has 8 aliphatic heterocycles. The Bertz CT molecular complexity index is 3350. The third kappa shape index (κ3) is 19.7. The van der Waals surface area contributed by atoms with Gasteiger partial charge in [0.2, 0.25) is 0 Å². The maximum Gasteiger partial charge on any atom is 0.410 e. The summed E-state index contributed by atoms with van der Waals surface area (Å²) in [6.45, 7) is 27.8. The molecule has 29 heteroatoms. The number of halogens is 6. The van der Waals surface area contributed by atoms with Gasteiger partial charge in [-0.1, -0.05) is 15.9 Å². The molecular weight excluding hydrogens is 1340 g/mol. The SMILES string of the molecule is CC(C)(C)OC(=O)N1C2CCC1CN(c1ccc(Br)cc1F)C2.CC(C)(C)OC(=O)N1C2CCC1CN(c1ccc(N)cc1F)C2.CC(C)(C)OC(=O)N1C2CCC1CN(c1ccc([N+](=O)[O-])cc1F)C2.CC(C)(C)OC(=O)N1C2CCC1CNC2.O=[N+]([O-])c1ccc(F)c(F)c1. The molecule has 0 saturated carbocycles. The van der Waals surface area contributed by atoms with Crippen LogP contribution in [0, 0.1) is 49.3 Å². The van der Waals surface area contributed by atoms with Crippen molar-refractivity contribution < 1.29 is 69.9 Å². The van der Waals surface area contributed by atoms with Gasteiger partial charge in [0.1, 0.15) is 34.0 Å². The Labute approximate surface area is 571 Å². The molecule has 8 fully saturated rings. The lowest BCUT2D eigenvalue weighted by Crippen LogP contribution is -2.57. The fourth-order valence-electron chi connectivity index (χ4n) is 13.5. The highest BCUT2D eigenvalue weighted by Crippen LogP contribution is 2.39. The third-order valence-corrected chi connectivity index (χ3v) is 17.9. The predicted octanol–water partition coefficient (Wildman–Crippen LogP) is 13.7. The quantitative estimate of drug-likeness (QED) is 0.0619. The van der Waals surface area contributed by atoms with Gasteiger partial charge in [-0.15, -0.1) is 0 Å². The van der Waals surface area contributed by atoms with Crippen LogP contribution >= 0.6 is 15.9 Å². The number of carbonyl (C=O) groups excluding carboxylic acids is 4. The van der Waals surface area contributed by atoms with Crippen LogP contribution in [0.25, 0.3) is 0 Å². The van der Waals surface area contributed by atoms with E-state index in [1.165, 1.54) is 24.3 Å². The van der Waals surface area contributed by atoms with Crippen molar-refractivity contribution >= 4 is 74.4 Å². The number of amides is 4. The number of anilines is 4. The molecule has 4 amide bonds. The first-order valence-corrected chi connectivity index (χ1v) is 33.6. The molecule has 0 aromatic heterocycles. The normalized spacial score (nSPS) is 23.1. The number of carbonyl (C=O) groups is 4. The van der Waals surface area contributed by atoms with E-state index in [1.807, 2.05) is 119 Å². The minimum Gasteiger partial charge on any atom is -0.444 e. The number of hydrogen-bond acceptors (Lipinski definition) is 17. The molecule has 8 saturated heterocycles. The van der Waals surface area contributed by atoms with E-state index < -0.39 is 49.8 Å². The maximum atomic E-state index is 14.3. The molecule has 3 N–H and O–H groups in total. The molecule has 532 valence electrons.